The number of likely N-dealkylation sites (tertiary alicyclic amines) is 1. The van der Waals surface area contributed by atoms with E-state index in [-0.39, 0.29) is 0 Å². The van der Waals surface area contributed by atoms with Crippen molar-refractivity contribution in [1.29, 1.82) is 0 Å². The van der Waals surface area contributed by atoms with Crippen LogP contribution in [0.3, 0.4) is 0 Å². The summed E-state index contributed by atoms with van der Waals surface area (Å²) in [5, 5.41) is 5.76. The van der Waals surface area contributed by atoms with Gasteiger partial charge in [0.1, 0.15) is 5.82 Å². The summed E-state index contributed by atoms with van der Waals surface area (Å²) < 4.78 is 14.4. The maximum atomic E-state index is 12.7. The molecule has 0 amide bonds. The minimum atomic E-state index is -1.21. The summed E-state index contributed by atoms with van der Waals surface area (Å²) in [5.41, 5.74) is 2.22. The van der Waals surface area contributed by atoms with Crippen molar-refractivity contribution in [2.45, 2.75) is 43.7 Å². The van der Waals surface area contributed by atoms with Crippen molar-refractivity contribution < 1.29 is 4.21 Å². The molecule has 0 spiro atoms. The third kappa shape index (κ3) is 5.79. The zero-order valence-corrected chi connectivity index (χ0v) is 20.5. The number of aromatic nitrogens is 3. The predicted octanol–water partition coefficient (Wildman–Crippen LogP) is 5.65. The molecule has 1 aliphatic heterocycles. The Morgan fingerprint density at radius 3 is 2.50 bits per heavy atom. The van der Waals surface area contributed by atoms with Gasteiger partial charge in [-0.05, 0) is 81.9 Å². The summed E-state index contributed by atoms with van der Waals surface area (Å²) in [5.74, 6) is 1.93. The quantitative estimate of drug-likeness (QED) is 0.382. The van der Waals surface area contributed by atoms with Crippen LogP contribution in [0.5, 0.6) is 0 Å². The van der Waals surface area contributed by atoms with Crippen LogP contribution in [0.1, 0.15) is 43.0 Å². The first-order chi connectivity index (χ1) is 15.5. The lowest BCUT2D eigenvalue weighted by Crippen LogP contribution is -2.33. The fraction of sp³-hybridized carbons (Fsp3) is 0.417. The van der Waals surface area contributed by atoms with E-state index in [2.05, 4.69) is 45.3 Å². The number of unbranched alkanes of at least 4 members (excludes halogenated alkanes) is 1. The molecule has 32 heavy (non-hydrogen) atoms. The van der Waals surface area contributed by atoms with E-state index in [1.165, 1.54) is 18.4 Å². The molecule has 1 fully saturated rings. The molecule has 2 aromatic carbocycles. The summed E-state index contributed by atoms with van der Waals surface area (Å²) in [6, 6.07) is 16.1. The van der Waals surface area contributed by atoms with Gasteiger partial charge in [0, 0.05) is 5.75 Å². The Bertz CT molecular complexity index is 1070. The highest BCUT2D eigenvalue weighted by Crippen LogP contribution is 2.28. The van der Waals surface area contributed by atoms with E-state index in [4.69, 9.17) is 23.2 Å². The van der Waals surface area contributed by atoms with Gasteiger partial charge in [0.25, 0.3) is 0 Å². The third-order valence-corrected chi connectivity index (χ3v) is 7.99. The monoisotopic (exact) mass is 490 g/mol. The first-order valence-corrected chi connectivity index (χ1v) is 13.1. The Morgan fingerprint density at radius 1 is 1.03 bits per heavy atom. The molecule has 1 saturated heterocycles. The van der Waals surface area contributed by atoms with Crippen molar-refractivity contribution in [3.05, 3.63) is 70.0 Å². The van der Waals surface area contributed by atoms with Crippen LogP contribution >= 0.6 is 23.2 Å². The van der Waals surface area contributed by atoms with Gasteiger partial charge in [0.15, 0.2) is 0 Å². The number of aryl methyl sites for hydroxylation is 1. The highest BCUT2D eigenvalue weighted by Gasteiger charge is 2.20. The van der Waals surface area contributed by atoms with Gasteiger partial charge in [0.2, 0.25) is 5.16 Å². The van der Waals surface area contributed by atoms with Gasteiger partial charge >= 0.3 is 0 Å². The second-order valence-electron chi connectivity index (χ2n) is 8.24. The van der Waals surface area contributed by atoms with Crippen molar-refractivity contribution in [3.8, 4) is 5.69 Å². The molecule has 0 saturated carbocycles. The van der Waals surface area contributed by atoms with Crippen molar-refractivity contribution in [3.63, 3.8) is 0 Å². The largest absolute Gasteiger partial charge is 0.303 e. The molecule has 5 nitrogen and oxygen atoms in total. The average Bonchev–Trinajstić information content (AvgIpc) is 3.21. The summed E-state index contributed by atoms with van der Waals surface area (Å²) in [4.78, 5) is 6.94. The third-order valence-electron chi connectivity index (χ3n) is 6.01. The molecule has 170 valence electrons. The van der Waals surface area contributed by atoms with Crippen LogP contribution in [0.15, 0.2) is 53.7 Å². The van der Waals surface area contributed by atoms with E-state index >= 15 is 0 Å². The van der Waals surface area contributed by atoms with Gasteiger partial charge in [-0.2, -0.15) is 0 Å². The molecule has 3 aromatic rings. The normalized spacial score (nSPS) is 16.3. The number of nitrogens with zero attached hydrogens (tertiary/aromatic N) is 4. The maximum absolute atomic E-state index is 12.7. The Hall–Kier alpha value is -1.73. The Morgan fingerprint density at radius 2 is 1.78 bits per heavy atom. The fourth-order valence-corrected chi connectivity index (χ4v) is 5.55. The van der Waals surface area contributed by atoms with Gasteiger partial charge in [0.05, 0.1) is 26.5 Å². The summed E-state index contributed by atoms with van der Waals surface area (Å²) >= 11 is 12.1. The molecule has 0 aliphatic carbocycles. The van der Waals surface area contributed by atoms with Gasteiger partial charge < -0.3 is 4.90 Å². The number of halogens is 2. The Kier molecular flexibility index (Phi) is 8.00. The van der Waals surface area contributed by atoms with E-state index in [9.17, 15) is 4.21 Å². The molecule has 1 aliphatic rings. The molecule has 1 atom stereocenters. The number of hydrogen-bond donors (Lipinski definition) is 0. The van der Waals surface area contributed by atoms with Gasteiger partial charge in [-0.25, -0.2) is 9.67 Å². The molecule has 0 N–H and O–H groups in total. The van der Waals surface area contributed by atoms with E-state index in [0.29, 0.717) is 32.7 Å². The van der Waals surface area contributed by atoms with Crippen LogP contribution in [0.2, 0.25) is 10.0 Å². The molecule has 0 bridgehead atoms. The van der Waals surface area contributed by atoms with Crippen LogP contribution in [0, 0.1) is 6.92 Å². The average molecular weight is 491 g/mol. The van der Waals surface area contributed by atoms with E-state index in [1.54, 1.807) is 16.8 Å². The molecular formula is C24H28Cl2N4OS. The summed E-state index contributed by atoms with van der Waals surface area (Å²) in [6.07, 6.45) is 4.36. The van der Waals surface area contributed by atoms with Crippen molar-refractivity contribution >= 4 is 34.0 Å². The van der Waals surface area contributed by atoms with Crippen molar-refractivity contribution in [2.75, 3.05) is 25.4 Å². The van der Waals surface area contributed by atoms with E-state index in [0.717, 1.165) is 38.2 Å². The lowest BCUT2D eigenvalue weighted by atomic mass is 9.89. The van der Waals surface area contributed by atoms with E-state index < -0.39 is 10.8 Å². The second-order valence-corrected chi connectivity index (χ2v) is 10.5. The highest BCUT2D eigenvalue weighted by molar-refractivity contribution is 7.84. The topological polar surface area (TPSA) is 51.0 Å². The molecular weight excluding hydrogens is 463 g/mol. The predicted molar refractivity (Wildman–Crippen MR) is 131 cm³/mol. The number of rotatable bonds is 8. The van der Waals surface area contributed by atoms with E-state index in [1.807, 2.05) is 13.0 Å². The molecule has 2 heterocycles. The fourth-order valence-electron chi connectivity index (χ4n) is 4.20. The second kappa shape index (κ2) is 10.9. The van der Waals surface area contributed by atoms with Gasteiger partial charge in [-0.1, -0.05) is 53.5 Å². The van der Waals surface area contributed by atoms with Gasteiger partial charge in [-0.3, -0.25) is 4.21 Å². The van der Waals surface area contributed by atoms with Gasteiger partial charge in [-0.15, -0.1) is 5.10 Å². The maximum Gasteiger partial charge on any atom is 0.239 e. The lowest BCUT2D eigenvalue weighted by molar-refractivity contribution is 0.210. The SMILES string of the molecule is Cc1nc(S(=O)CCCCN2CCC(c3ccccc3)CC2)nn1-c1ccc(Cl)c(Cl)c1. The number of benzene rings is 2. The highest BCUT2D eigenvalue weighted by atomic mass is 35.5. The smallest absolute Gasteiger partial charge is 0.239 e. The van der Waals surface area contributed by atoms with Crippen LogP contribution in [0.25, 0.3) is 5.69 Å². The van der Waals surface area contributed by atoms with Crippen LogP contribution in [-0.4, -0.2) is 49.3 Å². The minimum Gasteiger partial charge on any atom is -0.303 e. The Labute approximate surface area is 202 Å². The summed E-state index contributed by atoms with van der Waals surface area (Å²) in [6.45, 7) is 5.17. The number of piperidine rings is 1. The molecule has 4 rings (SSSR count). The first-order valence-electron chi connectivity index (χ1n) is 11.1. The standard InChI is InChI=1S/C24H28Cl2N4OS/c1-18-27-24(28-30(18)21-9-10-22(25)23(26)17-21)32(31)16-6-5-13-29-14-11-20(12-15-29)19-7-3-2-4-8-19/h2-4,7-10,17,20H,5-6,11-16H2,1H3. The molecule has 1 aromatic heterocycles. The molecule has 1 unspecified atom stereocenters. The van der Waals surface area contributed by atoms with Crippen LogP contribution in [0.4, 0.5) is 0 Å². The zero-order chi connectivity index (χ0) is 22.5. The molecule has 0 radical (unpaired) electrons. The zero-order valence-electron chi connectivity index (χ0n) is 18.2. The van der Waals surface area contributed by atoms with Crippen molar-refractivity contribution in [1.82, 2.24) is 19.7 Å². The van der Waals surface area contributed by atoms with Crippen LogP contribution in [-0.2, 0) is 10.8 Å². The minimum absolute atomic E-state index is 0.372. The Balaban J connectivity index is 1.22. The lowest BCUT2D eigenvalue weighted by Gasteiger charge is -2.32. The van der Waals surface area contributed by atoms with Crippen LogP contribution < -0.4 is 0 Å². The molecule has 8 heteroatoms. The van der Waals surface area contributed by atoms with Crippen molar-refractivity contribution in [2.24, 2.45) is 0 Å². The first kappa shape index (κ1) is 23.4. The number of hydrogen-bond acceptors (Lipinski definition) is 4. The summed E-state index contributed by atoms with van der Waals surface area (Å²) in [7, 11) is -1.21.